The number of hydrogen-bond acceptors (Lipinski definition) is 2. The summed E-state index contributed by atoms with van der Waals surface area (Å²) in [5.74, 6) is -0.323. The van der Waals surface area contributed by atoms with Crippen molar-refractivity contribution >= 4 is 10.2 Å². The van der Waals surface area contributed by atoms with Crippen LogP contribution in [0.1, 0.15) is 31.7 Å². The Labute approximate surface area is 113 Å². The SMILES string of the molecule is CC1CCCCN1S(=O)(=O)NCc1ccc(F)cc1. The maximum absolute atomic E-state index is 12.8. The van der Waals surface area contributed by atoms with E-state index in [1.165, 1.54) is 16.4 Å². The second-order valence-electron chi connectivity index (χ2n) is 4.91. The molecule has 1 unspecified atom stereocenters. The first-order valence-corrected chi connectivity index (χ1v) is 7.94. The van der Waals surface area contributed by atoms with Gasteiger partial charge in [0.2, 0.25) is 0 Å². The van der Waals surface area contributed by atoms with E-state index in [0.29, 0.717) is 6.54 Å². The number of rotatable bonds is 4. The van der Waals surface area contributed by atoms with Gasteiger partial charge in [-0.25, -0.2) is 4.39 Å². The Balaban J connectivity index is 1.99. The Morgan fingerprint density at radius 1 is 1.32 bits per heavy atom. The van der Waals surface area contributed by atoms with E-state index < -0.39 is 10.2 Å². The molecular formula is C13H19FN2O2S. The van der Waals surface area contributed by atoms with Gasteiger partial charge in [-0.2, -0.15) is 17.4 Å². The Hall–Kier alpha value is -0.980. The van der Waals surface area contributed by atoms with Gasteiger partial charge in [0.05, 0.1) is 0 Å². The molecule has 2 rings (SSSR count). The van der Waals surface area contributed by atoms with E-state index in [2.05, 4.69) is 4.72 Å². The Morgan fingerprint density at radius 3 is 2.63 bits per heavy atom. The minimum atomic E-state index is -3.45. The van der Waals surface area contributed by atoms with Gasteiger partial charge in [0.1, 0.15) is 5.82 Å². The lowest BCUT2D eigenvalue weighted by Crippen LogP contribution is -2.47. The number of benzene rings is 1. The van der Waals surface area contributed by atoms with Crippen LogP contribution in [0, 0.1) is 5.82 Å². The van der Waals surface area contributed by atoms with Crippen LogP contribution in [0.5, 0.6) is 0 Å². The molecule has 1 aliphatic heterocycles. The van der Waals surface area contributed by atoms with Gasteiger partial charge in [0.25, 0.3) is 10.2 Å². The molecule has 0 bridgehead atoms. The molecule has 1 aromatic rings. The predicted octanol–water partition coefficient (Wildman–Crippen LogP) is 2.03. The molecule has 0 aromatic heterocycles. The van der Waals surface area contributed by atoms with E-state index in [-0.39, 0.29) is 18.4 Å². The predicted molar refractivity (Wildman–Crippen MR) is 72.2 cm³/mol. The van der Waals surface area contributed by atoms with Crippen LogP contribution in [-0.4, -0.2) is 25.3 Å². The van der Waals surface area contributed by atoms with Crippen LogP contribution in [0.25, 0.3) is 0 Å². The summed E-state index contributed by atoms with van der Waals surface area (Å²) in [4.78, 5) is 0. The van der Waals surface area contributed by atoms with Crippen molar-refractivity contribution in [2.45, 2.75) is 38.8 Å². The molecule has 1 aliphatic rings. The van der Waals surface area contributed by atoms with Gasteiger partial charge >= 0.3 is 0 Å². The van der Waals surface area contributed by atoms with Crippen LogP contribution in [0.15, 0.2) is 24.3 Å². The van der Waals surface area contributed by atoms with Crippen LogP contribution >= 0.6 is 0 Å². The topological polar surface area (TPSA) is 49.4 Å². The lowest BCUT2D eigenvalue weighted by molar-refractivity contribution is 0.265. The number of hydrogen-bond donors (Lipinski definition) is 1. The van der Waals surface area contributed by atoms with E-state index in [9.17, 15) is 12.8 Å². The first-order chi connectivity index (χ1) is 8.99. The average molecular weight is 286 g/mol. The highest BCUT2D eigenvalue weighted by Crippen LogP contribution is 2.19. The number of halogens is 1. The first kappa shape index (κ1) is 14.4. The molecule has 0 aliphatic carbocycles. The molecule has 1 heterocycles. The summed E-state index contributed by atoms with van der Waals surface area (Å²) in [5, 5.41) is 0. The van der Waals surface area contributed by atoms with Gasteiger partial charge in [-0.3, -0.25) is 0 Å². The highest BCUT2D eigenvalue weighted by atomic mass is 32.2. The van der Waals surface area contributed by atoms with E-state index in [0.717, 1.165) is 24.8 Å². The molecule has 1 N–H and O–H groups in total. The molecule has 106 valence electrons. The Bertz CT molecular complexity index is 516. The molecule has 19 heavy (non-hydrogen) atoms. The number of nitrogens with one attached hydrogen (secondary N) is 1. The Kier molecular flexibility index (Phi) is 4.54. The van der Waals surface area contributed by atoms with E-state index in [4.69, 9.17) is 0 Å². The summed E-state index contributed by atoms with van der Waals surface area (Å²) < 4.78 is 41.2. The minimum absolute atomic E-state index is 0.0412. The largest absolute Gasteiger partial charge is 0.279 e. The Morgan fingerprint density at radius 2 is 2.00 bits per heavy atom. The van der Waals surface area contributed by atoms with E-state index in [1.807, 2.05) is 6.92 Å². The standard InChI is InChI=1S/C13H19FN2O2S/c1-11-4-2-3-9-16(11)19(17,18)15-10-12-5-7-13(14)8-6-12/h5-8,11,15H,2-4,9-10H2,1H3. The van der Waals surface area contributed by atoms with Crippen molar-refractivity contribution in [2.24, 2.45) is 0 Å². The third-order valence-electron chi connectivity index (χ3n) is 3.42. The molecule has 1 aromatic carbocycles. The first-order valence-electron chi connectivity index (χ1n) is 6.50. The monoisotopic (exact) mass is 286 g/mol. The highest BCUT2D eigenvalue weighted by Gasteiger charge is 2.28. The van der Waals surface area contributed by atoms with Crippen LogP contribution in [-0.2, 0) is 16.8 Å². The lowest BCUT2D eigenvalue weighted by atomic mass is 10.1. The van der Waals surface area contributed by atoms with Crippen molar-refractivity contribution in [2.75, 3.05) is 6.54 Å². The van der Waals surface area contributed by atoms with Gasteiger partial charge < -0.3 is 0 Å². The fourth-order valence-electron chi connectivity index (χ4n) is 2.29. The van der Waals surface area contributed by atoms with Crippen molar-refractivity contribution in [3.05, 3.63) is 35.6 Å². The second-order valence-corrected chi connectivity index (χ2v) is 6.62. The molecule has 0 radical (unpaired) electrons. The average Bonchev–Trinajstić information content (AvgIpc) is 2.38. The van der Waals surface area contributed by atoms with E-state index >= 15 is 0 Å². The zero-order valence-electron chi connectivity index (χ0n) is 11.0. The molecule has 6 heteroatoms. The number of nitrogens with zero attached hydrogens (tertiary/aromatic N) is 1. The quantitative estimate of drug-likeness (QED) is 0.920. The minimum Gasteiger partial charge on any atom is -0.207 e. The van der Waals surface area contributed by atoms with Crippen molar-refractivity contribution < 1.29 is 12.8 Å². The summed E-state index contributed by atoms with van der Waals surface area (Å²) in [5.41, 5.74) is 0.745. The molecule has 0 amide bonds. The van der Waals surface area contributed by atoms with Crippen molar-refractivity contribution in [1.29, 1.82) is 0 Å². The maximum Gasteiger partial charge on any atom is 0.279 e. The third kappa shape index (κ3) is 3.75. The molecule has 1 saturated heterocycles. The third-order valence-corrected chi connectivity index (χ3v) is 5.09. The molecule has 1 atom stereocenters. The zero-order chi connectivity index (χ0) is 13.9. The zero-order valence-corrected chi connectivity index (χ0v) is 11.8. The molecule has 0 saturated carbocycles. The molecular weight excluding hydrogens is 267 g/mol. The van der Waals surface area contributed by atoms with Gasteiger partial charge in [-0.15, -0.1) is 0 Å². The van der Waals surface area contributed by atoms with Gasteiger partial charge in [-0.1, -0.05) is 18.6 Å². The van der Waals surface area contributed by atoms with Crippen LogP contribution in [0.2, 0.25) is 0 Å². The molecule has 0 spiro atoms. The van der Waals surface area contributed by atoms with Crippen LogP contribution in [0.4, 0.5) is 4.39 Å². The normalized spacial score (nSPS) is 21.5. The van der Waals surface area contributed by atoms with Gasteiger partial charge in [0.15, 0.2) is 0 Å². The molecule has 1 fully saturated rings. The van der Waals surface area contributed by atoms with E-state index in [1.54, 1.807) is 12.1 Å². The highest BCUT2D eigenvalue weighted by molar-refractivity contribution is 7.87. The smallest absolute Gasteiger partial charge is 0.207 e. The summed E-state index contributed by atoms with van der Waals surface area (Å²) in [6.45, 7) is 2.68. The maximum atomic E-state index is 12.8. The van der Waals surface area contributed by atoms with Crippen molar-refractivity contribution in [1.82, 2.24) is 9.03 Å². The number of piperidine rings is 1. The van der Waals surface area contributed by atoms with Crippen molar-refractivity contribution in [3.63, 3.8) is 0 Å². The molecule has 4 nitrogen and oxygen atoms in total. The van der Waals surface area contributed by atoms with Gasteiger partial charge in [0, 0.05) is 19.1 Å². The summed E-state index contributed by atoms with van der Waals surface area (Å²) in [6.07, 6.45) is 2.88. The summed E-state index contributed by atoms with van der Waals surface area (Å²) in [6, 6.07) is 5.86. The summed E-state index contributed by atoms with van der Waals surface area (Å²) >= 11 is 0. The summed E-state index contributed by atoms with van der Waals surface area (Å²) in [7, 11) is -3.45. The second kappa shape index (κ2) is 5.98. The van der Waals surface area contributed by atoms with Crippen molar-refractivity contribution in [3.8, 4) is 0 Å². The fraction of sp³-hybridized carbons (Fsp3) is 0.538. The fourth-order valence-corrected chi connectivity index (χ4v) is 3.75. The van der Waals surface area contributed by atoms with Gasteiger partial charge in [-0.05, 0) is 37.5 Å². The lowest BCUT2D eigenvalue weighted by Gasteiger charge is -2.32. The van der Waals surface area contributed by atoms with Crippen LogP contribution in [0.3, 0.4) is 0 Å². The van der Waals surface area contributed by atoms with Crippen LogP contribution < -0.4 is 4.72 Å².